The van der Waals surface area contributed by atoms with E-state index in [9.17, 15) is 4.79 Å². The van der Waals surface area contributed by atoms with Gasteiger partial charge >= 0.3 is 0 Å². The van der Waals surface area contributed by atoms with Crippen molar-refractivity contribution in [3.63, 3.8) is 0 Å². The van der Waals surface area contributed by atoms with Gasteiger partial charge in [-0.05, 0) is 44.8 Å². The standard InChI is InChI=1S/C13H19N3O/c1-15(2)12-7-8-16(9-12)13(17)10-3-5-11(14)6-4-10/h3-6,12H,7-9,14H2,1-2H3. The fraction of sp³-hybridized carbons (Fsp3) is 0.462. The number of likely N-dealkylation sites (N-methyl/N-ethyl adjacent to an activating group) is 1. The Labute approximate surface area is 102 Å². The van der Waals surface area contributed by atoms with E-state index in [1.165, 1.54) is 0 Å². The van der Waals surface area contributed by atoms with Crippen molar-refractivity contribution < 1.29 is 4.79 Å². The molecule has 0 saturated carbocycles. The summed E-state index contributed by atoms with van der Waals surface area (Å²) >= 11 is 0. The van der Waals surface area contributed by atoms with E-state index in [-0.39, 0.29) is 5.91 Å². The minimum atomic E-state index is 0.106. The van der Waals surface area contributed by atoms with Crippen LogP contribution in [-0.4, -0.2) is 48.9 Å². The third-order valence-electron chi connectivity index (χ3n) is 3.34. The molecule has 2 N–H and O–H groups in total. The highest BCUT2D eigenvalue weighted by Crippen LogP contribution is 2.17. The number of carbonyl (C=O) groups excluding carboxylic acids is 1. The summed E-state index contributed by atoms with van der Waals surface area (Å²) in [7, 11) is 4.11. The molecule has 1 unspecified atom stereocenters. The van der Waals surface area contributed by atoms with Gasteiger partial charge in [0, 0.05) is 30.4 Å². The number of nitrogens with zero attached hydrogens (tertiary/aromatic N) is 2. The molecule has 4 nitrogen and oxygen atoms in total. The van der Waals surface area contributed by atoms with Crippen LogP contribution in [0, 0.1) is 0 Å². The van der Waals surface area contributed by atoms with Crippen LogP contribution < -0.4 is 5.73 Å². The fourth-order valence-electron chi connectivity index (χ4n) is 2.16. The van der Waals surface area contributed by atoms with Crippen molar-refractivity contribution in [2.75, 3.05) is 32.9 Å². The molecule has 17 heavy (non-hydrogen) atoms. The van der Waals surface area contributed by atoms with Gasteiger partial charge in [0.15, 0.2) is 0 Å². The van der Waals surface area contributed by atoms with Crippen molar-refractivity contribution in [3.8, 4) is 0 Å². The second kappa shape index (κ2) is 4.75. The average Bonchev–Trinajstić information content (AvgIpc) is 2.78. The lowest BCUT2D eigenvalue weighted by Crippen LogP contribution is -2.34. The Hall–Kier alpha value is -1.55. The normalized spacial score (nSPS) is 19.9. The minimum absolute atomic E-state index is 0.106. The Kier molecular flexibility index (Phi) is 3.33. The molecule has 1 aliphatic rings. The number of amides is 1. The van der Waals surface area contributed by atoms with E-state index < -0.39 is 0 Å². The van der Waals surface area contributed by atoms with Gasteiger partial charge in [-0.1, -0.05) is 0 Å². The van der Waals surface area contributed by atoms with E-state index in [2.05, 4.69) is 19.0 Å². The first-order chi connectivity index (χ1) is 8.08. The topological polar surface area (TPSA) is 49.6 Å². The van der Waals surface area contributed by atoms with Gasteiger partial charge in [-0.25, -0.2) is 0 Å². The molecule has 0 bridgehead atoms. The fourth-order valence-corrected chi connectivity index (χ4v) is 2.16. The van der Waals surface area contributed by atoms with Crippen molar-refractivity contribution in [1.82, 2.24) is 9.80 Å². The highest BCUT2D eigenvalue weighted by atomic mass is 16.2. The van der Waals surface area contributed by atoms with Crippen molar-refractivity contribution in [2.24, 2.45) is 0 Å². The van der Waals surface area contributed by atoms with E-state index in [1.54, 1.807) is 24.3 Å². The van der Waals surface area contributed by atoms with E-state index in [0.29, 0.717) is 11.7 Å². The van der Waals surface area contributed by atoms with Crippen LogP contribution in [0.25, 0.3) is 0 Å². The summed E-state index contributed by atoms with van der Waals surface area (Å²) in [6.45, 7) is 1.66. The lowest BCUT2D eigenvalue weighted by atomic mass is 10.2. The molecule has 0 aliphatic carbocycles. The van der Waals surface area contributed by atoms with Gasteiger partial charge in [-0.15, -0.1) is 0 Å². The first kappa shape index (κ1) is 11.9. The number of nitrogens with two attached hydrogens (primary N) is 1. The number of nitrogen functional groups attached to an aromatic ring is 1. The molecule has 2 rings (SSSR count). The van der Waals surface area contributed by atoms with Crippen LogP contribution >= 0.6 is 0 Å². The third kappa shape index (κ3) is 2.58. The van der Waals surface area contributed by atoms with Gasteiger partial charge in [-0.3, -0.25) is 4.79 Å². The predicted molar refractivity (Wildman–Crippen MR) is 68.8 cm³/mol. The maximum Gasteiger partial charge on any atom is 0.253 e. The monoisotopic (exact) mass is 233 g/mol. The van der Waals surface area contributed by atoms with Crippen LogP contribution in [0.4, 0.5) is 5.69 Å². The van der Waals surface area contributed by atoms with E-state index in [0.717, 1.165) is 25.1 Å². The van der Waals surface area contributed by atoms with Crippen molar-refractivity contribution >= 4 is 11.6 Å². The number of likely N-dealkylation sites (tertiary alicyclic amines) is 1. The molecule has 1 aliphatic heterocycles. The van der Waals surface area contributed by atoms with Crippen LogP contribution in [0.15, 0.2) is 24.3 Å². The number of hydrogen-bond acceptors (Lipinski definition) is 3. The van der Waals surface area contributed by atoms with E-state index in [1.807, 2.05) is 4.90 Å². The molecular formula is C13H19N3O. The number of benzene rings is 1. The van der Waals surface area contributed by atoms with Crippen LogP contribution in [-0.2, 0) is 0 Å². The second-order valence-electron chi connectivity index (χ2n) is 4.78. The molecule has 1 aromatic rings. The van der Waals surface area contributed by atoms with Crippen LogP contribution in [0.3, 0.4) is 0 Å². The van der Waals surface area contributed by atoms with Gasteiger partial charge in [0.2, 0.25) is 0 Å². The first-order valence-corrected chi connectivity index (χ1v) is 5.89. The number of hydrogen-bond donors (Lipinski definition) is 1. The molecule has 1 atom stereocenters. The molecule has 0 radical (unpaired) electrons. The molecule has 0 aromatic heterocycles. The lowest BCUT2D eigenvalue weighted by molar-refractivity contribution is 0.0783. The van der Waals surface area contributed by atoms with Crippen molar-refractivity contribution in [1.29, 1.82) is 0 Å². The predicted octanol–water partition coefficient (Wildman–Crippen LogP) is 1.04. The third-order valence-corrected chi connectivity index (χ3v) is 3.34. The Bertz CT molecular complexity index is 400. The molecule has 1 saturated heterocycles. The molecule has 1 fully saturated rings. The lowest BCUT2D eigenvalue weighted by Gasteiger charge is -2.20. The second-order valence-corrected chi connectivity index (χ2v) is 4.78. The molecule has 1 heterocycles. The van der Waals surface area contributed by atoms with Crippen LogP contribution in [0.5, 0.6) is 0 Å². The summed E-state index contributed by atoms with van der Waals surface area (Å²) in [6.07, 6.45) is 1.05. The molecule has 4 heteroatoms. The summed E-state index contributed by atoms with van der Waals surface area (Å²) in [5.41, 5.74) is 7.02. The maximum absolute atomic E-state index is 12.2. The number of anilines is 1. The summed E-state index contributed by atoms with van der Waals surface area (Å²) in [5.74, 6) is 0.106. The highest BCUT2D eigenvalue weighted by Gasteiger charge is 2.27. The van der Waals surface area contributed by atoms with Gasteiger partial charge in [0.05, 0.1) is 0 Å². The summed E-state index contributed by atoms with van der Waals surface area (Å²) in [5, 5.41) is 0. The summed E-state index contributed by atoms with van der Waals surface area (Å²) in [6, 6.07) is 7.61. The average molecular weight is 233 g/mol. The molecule has 1 aromatic carbocycles. The maximum atomic E-state index is 12.2. The smallest absolute Gasteiger partial charge is 0.253 e. The van der Waals surface area contributed by atoms with E-state index in [4.69, 9.17) is 5.73 Å². The summed E-state index contributed by atoms with van der Waals surface area (Å²) in [4.78, 5) is 16.3. The molecule has 92 valence electrons. The SMILES string of the molecule is CN(C)C1CCN(C(=O)c2ccc(N)cc2)C1. The van der Waals surface area contributed by atoms with Gasteiger partial charge in [0.25, 0.3) is 5.91 Å². The highest BCUT2D eigenvalue weighted by molar-refractivity contribution is 5.94. The van der Waals surface area contributed by atoms with Crippen molar-refractivity contribution in [2.45, 2.75) is 12.5 Å². The minimum Gasteiger partial charge on any atom is -0.399 e. The first-order valence-electron chi connectivity index (χ1n) is 5.89. The molecular weight excluding hydrogens is 214 g/mol. The van der Waals surface area contributed by atoms with Gasteiger partial charge in [0.1, 0.15) is 0 Å². The van der Waals surface area contributed by atoms with Crippen LogP contribution in [0.2, 0.25) is 0 Å². The van der Waals surface area contributed by atoms with E-state index >= 15 is 0 Å². The van der Waals surface area contributed by atoms with Crippen LogP contribution in [0.1, 0.15) is 16.8 Å². The number of carbonyl (C=O) groups is 1. The Morgan fingerprint density at radius 3 is 2.53 bits per heavy atom. The largest absolute Gasteiger partial charge is 0.399 e. The van der Waals surface area contributed by atoms with Gasteiger partial charge < -0.3 is 15.5 Å². The zero-order chi connectivity index (χ0) is 12.4. The quantitative estimate of drug-likeness (QED) is 0.777. The van der Waals surface area contributed by atoms with Gasteiger partial charge in [-0.2, -0.15) is 0 Å². The zero-order valence-corrected chi connectivity index (χ0v) is 10.4. The number of rotatable bonds is 2. The molecule has 1 amide bonds. The summed E-state index contributed by atoms with van der Waals surface area (Å²) < 4.78 is 0. The van der Waals surface area contributed by atoms with Crippen molar-refractivity contribution in [3.05, 3.63) is 29.8 Å². The zero-order valence-electron chi connectivity index (χ0n) is 10.4. The Morgan fingerprint density at radius 1 is 1.35 bits per heavy atom. The Morgan fingerprint density at radius 2 is 2.00 bits per heavy atom. The Balaban J connectivity index is 2.04. The molecule has 0 spiro atoms.